The summed E-state index contributed by atoms with van der Waals surface area (Å²) < 4.78 is 1.40. The molecule has 0 aromatic carbocycles. The molecule has 0 fully saturated rings. The van der Waals surface area contributed by atoms with E-state index in [9.17, 15) is 4.79 Å². The zero-order valence-corrected chi connectivity index (χ0v) is 12.3. The van der Waals surface area contributed by atoms with Crippen molar-refractivity contribution in [3.8, 4) is 0 Å². The smallest absolute Gasteiger partial charge is 0.287 e. The molecule has 4 nitrogen and oxygen atoms in total. The van der Waals surface area contributed by atoms with Gasteiger partial charge in [0, 0.05) is 6.04 Å². The molecule has 1 rings (SSSR count). The lowest BCUT2D eigenvalue weighted by atomic mass is 10.1. The number of rotatable bonds is 6. The summed E-state index contributed by atoms with van der Waals surface area (Å²) in [6.07, 6.45) is 4.79. The monoisotopic (exact) mass is 271 g/mol. The minimum absolute atomic E-state index is 0.0154. The lowest BCUT2D eigenvalue weighted by molar-refractivity contribution is 0.502. The van der Waals surface area contributed by atoms with Gasteiger partial charge in [-0.3, -0.25) is 4.79 Å². The Balaban J connectivity index is 2.98. The molecule has 5 heteroatoms. The van der Waals surface area contributed by atoms with Crippen LogP contribution < -0.4 is 10.9 Å². The fourth-order valence-electron chi connectivity index (χ4n) is 1.86. The normalized spacial score (nSPS) is 12.8. The Labute approximate surface area is 113 Å². The van der Waals surface area contributed by atoms with Gasteiger partial charge in [0.2, 0.25) is 0 Å². The Bertz CT molecular complexity index is 442. The highest BCUT2D eigenvalue weighted by Gasteiger charge is 2.13. The van der Waals surface area contributed by atoms with Crippen LogP contribution in [0.5, 0.6) is 0 Å². The van der Waals surface area contributed by atoms with Crippen molar-refractivity contribution in [3.63, 3.8) is 0 Å². The summed E-state index contributed by atoms with van der Waals surface area (Å²) in [6.45, 7) is 8.07. The van der Waals surface area contributed by atoms with Crippen LogP contribution in [0.25, 0.3) is 0 Å². The van der Waals surface area contributed by atoms with Gasteiger partial charge >= 0.3 is 0 Å². The lowest BCUT2D eigenvalue weighted by Gasteiger charge is -2.19. The molecule has 0 radical (unpaired) electrons. The third-order valence-corrected chi connectivity index (χ3v) is 3.29. The van der Waals surface area contributed by atoms with Gasteiger partial charge in [-0.05, 0) is 26.7 Å². The number of nitrogens with zero attached hydrogens (tertiary/aromatic N) is 2. The molecule has 0 saturated heterocycles. The van der Waals surface area contributed by atoms with Gasteiger partial charge in [0.1, 0.15) is 5.02 Å². The van der Waals surface area contributed by atoms with Crippen molar-refractivity contribution >= 4 is 17.3 Å². The Morgan fingerprint density at radius 3 is 2.61 bits per heavy atom. The number of anilines is 1. The van der Waals surface area contributed by atoms with Gasteiger partial charge in [-0.15, -0.1) is 0 Å². The zero-order valence-electron chi connectivity index (χ0n) is 11.5. The first-order valence-electron chi connectivity index (χ1n) is 6.55. The van der Waals surface area contributed by atoms with Crippen molar-refractivity contribution in [1.29, 1.82) is 0 Å². The fourth-order valence-corrected chi connectivity index (χ4v) is 2.05. The maximum absolute atomic E-state index is 12.0. The van der Waals surface area contributed by atoms with E-state index >= 15 is 0 Å². The molecular weight excluding hydrogens is 250 g/mol. The van der Waals surface area contributed by atoms with Crippen LogP contribution >= 0.6 is 11.6 Å². The van der Waals surface area contributed by atoms with Crippen LogP contribution in [0.3, 0.4) is 0 Å². The molecule has 0 bridgehead atoms. The van der Waals surface area contributed by atoms with Gasteiger partial charge in [0.25, 0.3) is 5.56 Å². The predicted molar refractivity (Wildman–Crippen MR) is 76.5 cm³/mol. The molecular formula is C13H22ClN3O. The first-order valence-corrected chi connectivity index (χ1v) is 6.92. The van der Waals surface area contributed by atoms with E-state index in [2.05, 4.69) is 24.3 Å². The highest BCUT2D eigenvalue weighted by Crippen LogP contribution is 2.19. The maximum Gasteiger partial charge on any atom is 0.287 e. The Hall–Kier alpha value is -1.03. The number of hydrogen-bond acceptors (Lipinski definition) is 3. The minimum atomic E-state index is -0.233. The van der Waals surface area contributed by atoms with E-state index in [1.807, 2.05) is 13.8 Å². The highest BCUT2D eigenvalue weighted by atomic mass is 35.5. The van der Waals surface area contributed by atoms with E-state index in [0.717, 1.165) is 19.3 Å². The summed E-state index contributed by atoms with van der Waals surface area (Å²) in [6, 6.07) is 0.352. The molecule has 0 aliphatic rings. The molecule has 102 valence electrons. The molecule has 1 N–H and O–H groups in total. The SMILES string of the molecule is CCCC(CC)Nc1cnn(C(C)C)c(=O)c1Cl. The third-order valence-electron chi connectivity index (χ3n) is 2.92. The molecule has 1 aromatic heterocycles. The average molecular weight is 272 g/mol. The summed E-state index contributed by atoms with van der Waals surface area (Å²) in [5.41, 5.74) is 0.405. The molecule has 1 unspecified atom stereocenters. The van der Waals surface area contributed by atoms with E-state index in [1.54, 1.807) is 6.20 Å². The summed E-state index contributed by atoms with van der Waals surface area (Å²) in [4.78, 5) is 12.0. The molecule has 1 aromatic rings. The van der Waals surface area contributed by atoms with Crippen molar-refractivity contribution in [2.24, 2.45) is 0 Å². The van der Waals surface area contributed by atoms with E-state index in [1.165, 1.54) is 4.68 Å². The van der Waals surface area contributed by atoms with Gasteiger partial charge in [0.15, 0.2) is 0 Å². The summed E-state index contributed by atoms with van der Waals surface area (Å²) in [5.74, 6) is 0. The van der Waals surface area contributed by atoms with Crippen LogP contribution in [0, 0.1) is 0 Å². The van der Waals surface area contributed by atoms with Gasteiger partial charge in [-0.2, -0.15) is 5.10 Å². The average Bonchev–Trinajstić information content (AvgIpc) is 2.33. The topological polar surface area (TPSA) is 46.9 Å². The maximum atomic E-state index is 12.0. The molecule has 0 aliphatic heterocycles. The van der Waals surface area contributed by atoms with Gasteiger partial charge in [-0.25, -0.2) is 4.68 Å². The first kappa shape index (κ1) is 15.0. The van der Waals surface area contributed by atoms with Crippen molar-refractivity contribution in [2.75, 3.05) is 5.32 Å². The largest absolute Gasteiger partial charge is 0.380 e. The molecule has 18 heavy (non-hydrogen) atoms. The van der Waals surface area contributed by atoms with E-state index in [0.29, 0.717) is 11.7 Å². The quantitative estimate of drug-likeness (QED) is 0.862. The second kappa shape index (κ2) is 6.78. The van der Waals surface area contributed by atoms with Crippen molar-refractivity contribution < 1.29 is 0 Å². The first-order chi connectivity index (χ1) is 8.51. The Morgan fingerprint density at radius 1 is 1.44 bits per heavy atom. The molecule has 0 amide bonds. The van der Waals surface area contributed by atoms with Crippen molar-refractivity contribution in [2.45, 2.75) is 59.0 Å². The zero-order chi connectivity index (χ0) is 13.7. The molecule has 0 saturated carbocycles. The Kier molecular flexibility index (Phi) is 5.66. The van der Waals surface area contributed by atoms with E-state index in [4.69, 9.17) is 11.6 Å². The van der Waals surface area contributed by atoms with Gasteiger partial charge in [-0.1, -0.05) is 31.9 Å². The lowest BCUT2D eigenvalue weighted by Crippen LogP contribution is -2.27. The third kappa shape index (κ3) is 3.48. The summed E-state index contributed by atoms with van der Waals surface area (Å²) in [7, 11) is 0. The van der Waals surface area contributed by atoms with Gasteiger partial charge in [0.05, 0.1) is 17.9 Å². The van der Waals surface area contributed by atoms with Gasteiger partial charge < -0.3 is 5.32 Å². The van der Waals surface area contributed by atoms with E-state index < -0.39 is 0 Å². The number of halogens is 1. The molecule has 1 atom stereocenters. The molecule has 0 aliphatic carbocycles. The highest BCUT2D eigenvalue weighted by molar-refractivity contribution is 6.32. The minimum Gasteiger partial charge on any atom is -0.380 e. The summed E-state index contributed by atoms with van der Waals surface area (Å²) >= 11 is 6.11. The van der Waals surface area contributed by atoms with Crippen LogP contribution in [0.15, 0.2) is 11.0 Å². The van der Waals surface area contributed by atoms with Crippen molar-refractivity contribution in [3.05, 3.63) is 21.6 Å². The van der Waals surface area contributed by atoms with Crippen LogP contribution in [0.4, 0.5) is 5.69 Å². The fraction of sp³-hybridized carbons (Fsp3) is 0.692. The molecule has 0 spiro atoms. The standard InChI is InChI=1S/C13H22ClN3O/c1-5-7-10(6-2)16-11-8-15-17(9(3)4)13(18)12(11)14/h8-10,16H,5-7H2,1-4H3. The predicted octanol–water partition coefficient (Wildman–Crippen LogP) is 3.47. The van der Waals surface area contributed by atoms with Crippen molar-refractivity contribution in [1.82, 2.24) is 9.78 Å². The van der Waals surface area contributed by atoms with Crippen LogP contribution in [-0.4, -0.2) is 15.8 Å². The van der Waals surface area contributed by atoms with E-state index in [-0.39, 0.29) is 16.6 Å². The van der Waals surface area contributed by atoms with Crippen LogP contribution in [0.2, 0.25) is 5.02 Å². The Morgan fingerprint density at radius 2 is 2.11 bits per heavy atom. The second-order valence-electron chi connectivity index (χ2n) is 4.75. The van der Waals surface area contributed by atoms with Crippen LogP contribution in [0.1, 0.15) is 53.0 Å². The van der Waals surface area contributed by atoms with Crippen LogP contribution in [-0.2, 0) is 0 Å². The second-order valence-corrected chi connectivity index (χ2v) is 5.13. The molecule has 1 heterocycles. The number of aromatic nitrogens is 2. The number of nitrogens with one attached hydrogen (secondary N) is 1. The summed E-state index contributed by atoms with van der Waals surface area (Å²) in [5, 5.41) is 7.67. The number of hydrogen-bond donors (Lipinski definition) is 1.